The summed E-state index contributed by atoms with van der Waals surface area (Å²) in [5.41, 5.74) is 5.09. The van der Waals surface area contributed by atoms with Crippen molar-refractivity contribution in [2.75, 3.05) is 0 Å². The molecule has 0 unspecified atom stereocenters. The van der Waals surface area contributed by atoms with Crippen molar-refractivity contribution in [3.63, 3.8) is 0 Å². The second kappa shape index (κ2) is 5.31. The van der Waals surface area contributed by atoms with Crippen LogP contribution in [0.5, 0.6) is 5.75 Å². The molecule has 1 heteroatoms. The third-order valence-electron chi connectivity index (χ3n) is 3.51. The molecule has 1 aliphatic heterocycles. The number of unbranched alkanes of at least 4 members (excludes halogenated alkanes) is 1. The molecule has 1 heterocycles. The number of allylic oxidation sites excluding steroid dienone is 1. The molecule has 0 atom stereocenters. The van der Waals surface area contributed by atoms with E-state index in [0.29, 0.717) is 6.61 Å². The lowest BCUT2D eigenvalue weighted by Gasteiger charge is -2.10. The van der Waals surface area contributed by atoms with E-state index in [1.165, 1.54) is 22.3 Å². The standard InChI is InChI=1S/C18H18O/c1-2-3-9-16-15-10-5-4-8-14(15)13-19-18-12-7-6-11-17(16)18/h4-12H,2-3,13H2,1H3. The van der Waals surface area contributed by atoms with Crippen LogP contribution in [0.1, 0.15) is 36.5 Å². The molecular formula is C18H18O. The Bertz CT molecular complexity index is 561. The maximum absolute atomic E-state index is 5.94. The summed E-state index contributed by atoms with van der Waals surface area (Å²) in [5, 5.41) is 0. The third kappa shape index (κ3) is 2.28. The summed E-state index contributed by atoms with van der Waals surface area (Å²) in [7, 11) is 0. The fraction of sp³-hybridized carbons (Fsp3) is 0.222. The summed E-state index contributed by atoms with van der Waals surface area (Å²) in [5.74, 6) is 0.987. The number of ether oxygens (including phenoxy) is 1. The van der Waals surface area contributed by atoms with Crippen LogP contribution in [0.15, 0.2) is 54.6 Å². The van der Waals surface area contributed by atoms with Gasteiger partial charge in [0.1, 0.15) is 12.4 Å². The normalized spacial score (nSPS) is 15.3. The maximum atomic E-state index is 5.94. The van der Waals surface area contributed by atoms with Crippen LogP contribution in [-0.2, 0) is 6.61 Å². The highest BCUT2D eigenvalue weighted by Crippen LogP contribution is 2.36. The number of benzene rings is 2. The van der Waals surface area contributed by atoms with E-state index in [1.807, 2.05) is 6.07 Å². The topological polar surface area (TPSA) is 9.23 Å². The van der Waals surface area contributed by atoms with Crippen molar-refractivity contribution >= 4 is 5.57 Å². The molecule has 0 aromatic heterocycles. The van der Waals surface area contributed by atoms with Crippen molar-refractivity contribution in [3.8, 4) is 5.75 Å². The highest BCUT2D eigenvalue weighted by atomic mass is 16.5. The summed E-state index contributed by atoms with van der Waals surface area (Å²) in [4.78, 5) is 0. The zero-order chi connectivity index (χ0) is 13.1. The molecule has 2 aromatic rings. The Labute approximate surface area is 114 Å². The van der Waals surface area contributed by atoms with Gasteiger partial charge in [-0.15, -0.1) is 0 Å². The first-order chi connectivity index (χ1) is 9.40. The molecule has 3 rings (SSSR count). The molecule has 0 radical (unpaired) electrons. The van der Waals surface area contributed by atoms with Gasteiger partial charge in [-0.2, -0.15) is 0 Å². The fourth-order valence-corrected chi connectivity index (χ4v) is 2.53. The minimum Gasteiger partial charge on any atom is -0.488 e. The van der Waals surface area contributed by atoms with Crippen LogP contribution in [-0.4, -0.2) is 0 Å². The van der Waals surface area contributed by atoms with Gasteiger partial charge >= 0.3 is 0 Å². The van der Waals surface area contributed by atoms with Gasteiger partial charge in [-0.05, 0) is 29.2 Å². The van der Waals surface area contributed by atoms with Gasteiger partial charge in [-0.3, -0.25) is 0 Å². The monoisotopic (exact) mass is 250 g/mol. The van der Waals surface area contributed by atoms with E-state index in [4.69, 9.17) is 4.74 Å². The molecular weight excluding hydrogens is 232 g/mol. The summed E-state index contributed by atoms with van der Waals surface area (Å²) in [6.45, 7) is 2.86. The van der Waals surface area contributed by atoms with Crippen molar-refractivity contribution < 1.29 is 4.74 Å². The summed E-state index contributed by atoms with van der Waals surface area (Å²) < 4.78 is 5.94. The van der Waals surface area contributed by atoms with Crippen molar-refractivity contribution in [1.29, 1.82) is 0 Å². The van der Waals surface area contributed by atoms with Crippen LogP contribution in [0.4, 0.5) is 0 Å². The van der Waals surface area contributed by atoms with Crippen molar-refractivity contribution in [2.45, 2.75) is 26.4 Å². The van der Waals surface area contributed by atoms with Gasteiger partial charge in [-0.25, -0.2) is 0 Å². The molecule has 0 N–H and O–H groups in total. The lowest BCUT2D eigenvalue weighted by atomic mass is 9.93. The smallest absolute Gasteiger partial charge is 0.127 e. The van der Waals surface area contributed by atoms with Crippen molar-refractivity contribution in [2.24, 2.45) is 0 Å². The Morgan fingerprint density at radius 1 is 1.00 bits per heavy atom. The molecule has 1 aliphatic rings. The van der Waals surface area contributed by atoms with E-state index in [-0.39, 0.29) is 0 Å². The van der Waals surface area contributed by atoms with Gasteiger partial charge in [0.05, 0.1) is 0 Å². The molecule has 0 spiro atoms. The van der Waals surface area contributed by atoms with Gasteiger partial charge in [0.2, 0.25) is 0 Å². The Morgan fingerprint density at radius 2 is 1.74 bits per heavy atom. The zero-order valence-electron chi connectivity index (χ0n) is 11.2. The molecule has 96 valence electrons. The largest absolute Gasteiger partial charge is 0.488 e. The van der Waals surface area contributed by atoms with Crippen LogP contribution in [0.25, 0.3) is 5.57 Å². The Hall–Kier alpha value is -2.02. The van der Waals surface area contributed by atoms with E-state index in [0.717, 1.165) is 18.6 Å². The Balaban J connectivity index is 2.19. The third-order valence-corrected chi connectivity index (χ3v) is 3.51. The fourth-order valence-electron chi connectivity index (χ4n) is 2.53. The highest BCUT2D eigenvalue weighted by Gasteiger charge is 2.17. The van der Waals surface area contributed by atoms with Gasteiger partial charge < -0.3 is 4.74 Å². The van der Waals surface area contributed by atoms with Gasteiger partial charge in [-0.1, -0.05) is 61.9 Å². The predicted molar refractivity (Wildman–Crippen MR) is 79.2 cm³/mol. The molecule has 1 nitrogen and oxygen atoms in total. The Morgan fingerprint density at radius 3 is 2.58 bits per heavy atom. The van der Waals surface area contributed by atoms with E-state index < -0.39 is 0 Å². The van der Waals surface area contributed by atoms with E-state index in [9.17, 15) is 0 Å². The average Bonchev–Trinajstić information content (AvgIpc) is 2.62. The second-order valence-corrected chi connectivity index (χ2v) is 4.85. The number of para-hydroxylation sites is 1. The number of fused-ring (bicyclic) bond motifs is 2. The summed E-state index contributed by atoms with van der Waals surface area (Å²) >= 11 is 0. The average molecular weight is 250 g/mol. The Kier molecular flexibility index (Phi) is 3.37. The van der Waals surface area contributed by atoms with Crippen LogP contribution in [0, 0.1) is 0 Å². The van der Waals surface area contributed by atoms with Gasteiger partial charge in [0.15, 0.2) is 0 Å². The number of hydrogen-bond donors (Lipinski definition) is 0. The molecule has 0 aliphatic carbocycles. The first-order valence-corrected chi connectivity index (χ1v) is 6.91. The molecule has 0 fully saturated rings. The summed E-state index contributed by atoms with van der Waals surface area (Å²) in [6.07, 6.45) is 4.60. The van der Waals surface area contributed by atoms with Crippen LogP contribution in [0.2, 0.25) is 0 Å². The highest BCUT2D eigenvalue weighted by molar-refractivity contribution is 5.84. The lowest BCUT2D eigenvalue weighted by Crippen LogP contribution is -1.94. The van der Waals surface area contributed by atoms with E-state index >= 15 is 0 Å². The number of hydrogen-bond acceptors (Lipinski definition) is 1. The van der Waals surface area contributed by atoms with E-state index in [2.05, 4.69) is 55.5 Å². The zero-order valence-corrected chi connectivity index (χ0v) is 11.2. The van der Waals surface area contributed by atoms with Gasteiger partial charge in [0, 0.05) is 5.56 Å². The van der Waals surface area contributed by atoms with Gasteiger partial charge in [0.25, 0.3) is 0 Å². The second-order valence-electron chi connectivity index (χ2n) is 4.85. The molecule has 0 bridgehead atoms. The minimum absolute atomic E-state index is 0.649. The molecule has 19 heavy (non-hydrogen) atoms. The van der Waals surface area contributed by atoms with Crippen LogP contribution >= 0.6 is 0 Å². The minimum atomic E-state index is 0.649. The van der Waals surface area contributed by atoms with Crippen molar-refractivity contribution in [1.82, 2.24) is 0 Å². The maximum Gasteiger partial charge on any atom is 0.127 e. The van der Waals surface area contributed by atoms with E-state index in [1.54, 1.807) is 0 Å². The van der Waals surface area contributed by atoms with Crippen LogP contribution < -0.4 is 4.74 Å². The molecule has 0 saturated carbocycles. The van der Waals surface area contributed by atoms with Crippen molar-refractivity contribution in [3.05, 3.63) is 71.3 Å². The van der Waals surface area contributed by atoms with Crippen LogP contribution in [0.3, 0.4) is 0 Å². The molecule has 0 amide bonds. The molecule has 2 aromatic carbocycles. The summed E-state index contributed by atoms with van der Waals surface area (Å²) in [6, 6.07) is 16.9. The predicted octanol–water partition coefficient (Wildman–Crippen LogP) is 4.81. The first-order valence-electron chi connectivity index (χ1n) is 6.91. The first kappa shape index (κ1) is 12.0. The quantitative estimate of drug-likeness (QED) is 0.743. The SMILES string of the molecule is CCCC=C1c2ccccc2COc2ccccc21. The lowest BCUT2D eigenvalue weighted by molar-refractivity contribution is 0.307. The number of rotatable bonds is 2. The molecule has 0 saturated heterocycles.